The molecule has 1 unspecified atom stereocenters. The lowest BCUT2D eigenvalue weighted by molar-refractivity contribution is -0.138. The number of nitrogens with one attached hydrogen (secondary N) is 2. The highest BCUT2D eigenvalue weighted by Crippen LogP contribution is 2.19. The lowest BCUT2D eigenvalue weighted by Crippen LogP contribution is -2.45. The average Bonchev–Trinajstić information content (AvgIpc) is 2.35. The summed E-state index contributed by atoms with van der Waals surface area (Å²) in [6.45, 7) is 2.29. The van der Waals surface area contributed by atoms with Crippen LogP contribution in [0.5, 0.6) is 0 Å². The van der Waals surface area contributed by atoms with E-state index >= 15 is 0 Å². The van der Waals surface area contributed by atoms with E-state index < -0.39 is 18.0 Å². The van der Waals surface area contributed by atoms with E-state index in [4.69, 9.17) is 9.84 Å². The van der Waals surface area contributed by atoms with Gasteiger partial charge in [0.15, 0.2) is 0 Å². The molecule has 0 aromatic rings. The van der Waals surface area contributed by atoms with Gasteiger partial charge in [-0.15, -0.1) is 0 Å². The first-order chi connectivity index (χ1) is 8.59. The number of amides is 2. The highest BCUT2D eigenvalue weighted by molar-refractivity contribution is 5.82. The summed E-state index contributed by atoms with van der Waals surface area (Å²) in [5, 5.41) is 13.5. The molecule has 1 saturated carbocycles. The van der Waals surface area contributed by atoms with Gasteiger partial charge in [0, 0.05) is 6.54 Å². The fraction of sp³-hybridized carbons (Fsp3) is 0.833. The molecule has 0 saturated heterocycles. The monoisotopic (exact) mass is 258 g/mol. The van der Waals surface area contributed by atoms with Crippen LogP contribution in [0.3, 0.4) is 0 Å². The zero-order valence-corrected chi connectivity index (χ0v) is 10.8. The van der Waals surface area contributed by atoms with Gasteiger partial charge in [-0.1, -0.05) is 19.3 Å². The van der Waals surface area contributed by atoms with E-state index in [1.54, 1.807) is 0 Å². The van der Waals surface area contributed by atoms with Crippen molar-refractivity contribution in [2.75, 3.05) is 13.2 Å². The Labute approximate surface area is 107 Å². The third kappa shape index (κ3) is 5.86. The van der Waals surface area contributed by atoms with Crippen molar-refractivity contribution in [3.05, 3.63) is 0 Å². The van der Waals surface area contributed by atoms with E-state index in [1.165, 1.54) is 26.2 Å². The van der Waals surface area contributed by atoms with Crippen LogP contribution in [-0.2, 0) is 9.53 Å². The predicted molar refractivity (Wildman–Crippen MR) is 66.5 cm³/mol. The first kappa shape index (κ1) is 14.8. The fourth-order valence-corrected chi connectivity index (χ4v) is 1.93. The molecule has 104 valence electrons. The largest absolute Gasteiger partial charge is 0.480 e. The second kappa shape index (κ2) is 7.92. The number of aliphatic carboxylic acids is 1. The van der Waals surface area contributed by atoms with Crippen molar-refractivity contribution in [2.45, 2.75) is 51.2 Å². The Kier molecular flexibility index (Phi) is 6.49. The number of rotatable bonds is 6. The molecule has 0 radical (unpaired) electrons. The number of ether oxygens (including phenoxy) is 1. The molecular formula is C12H22N2O4. The molecule has 0 bridgehead atoms. The quantitative estimate of drug-likeness (QED) is 0.623. The van der Waals surface area contributed by atoms with Gasteiger partial charge in [0.25, 0.3) is 0 Å². The summed E-state index contributed by atoms with van der Waals surface area (Å²) < 4.78 is 5.63. The second-order valence-electron chi connectivity index (χ2n) is 4.59. The smallest absolute Gasteiger partial charge is 0.325 e. The zero-order valence-electron chi connectivity index (χ0n) is 10.8. The van der Waals surface area contributed by atoms with Crippen LogP contribution >= 0.6 is 0 Å². The van der Waals surface area contributed by atoms with Crippen LogP contribution in [0.2, 0.25) is 0 Å². The van der Waals surface area contributed by atoms with Crippen LogP contribution in [0.25, 0.3) is 0 Å². The predicted octanol–water partition coefficient (Wildman–Crippen LogP) is 1.11. The molecule has 6 heteroatoms. The lowest BCUT2D eigenvalue weighted by atomic mass is 9.98. The van der Waals surface area contributed by atoms with Gasteiger partial charge < -0.3 is 20.5 Å². The first-order valence-corrected chi connectivity index (χ1v) is 6.48. The molecule has 1 aliphatic rings. The van der Waals surface area contributed by atoms with E-state index in [9.17, 15) is 9.59 Å². The average molecular weight is 258 g/mol. The van der Waals surface area contributed by atoms with Crippen LogP contribution in [0.15, 0.2) is 0 Å². The van der Waals surface area contributed by atoms with Gasteiger partial charge >= 0.3 is 12.0 Å². The lowest BCUT2D eigenvalue weighted by Gasteiger charge is -2.22. The van der Waals surface area contributed by atoms with E-state index in [1.807, 2.05) is 0 Å². The molecule has 0 aliphatic heterocycles. The number of carboxylic acid groups (broad SMARTS) is 1. The van der Waals surface area contributed by atoms with Crippen LogP contribution in [0, 0.1) is 0 Å². The Bertz CT molecular complexity index is 277. The highest BCUT2D eigenvalue weighted by atomic mass is 16.5. The van der Waals surface area contributed by atoms with Crippen LogP contribution in [0.4, 0.5) is 4.79 Å². The maximum absolute atomic E-state index is 11.3. The SMILES string of the molecule is CC(NC(=O)NCCOC1CCCCC1)C(=O)O. The van der Waals surface area contributed by atoms with Gasteiger partial charge in [0.1, 0.15) is 6.04 Å². The van der Waals surface area contributed by atoms with Crippen molar-refractivity contribution in [2.24, 2.45) is 0 Å². The minimum absolute atomic E-state index is 0.321. The van der Waals surface area contributed by atoms with Crippen LogP contribution in [-0.4, -0.2) is 42.4 Å². The van der Waals surface area contributed by atoms with Gasteiger partial charge in [0.2, 0.25) is 0 Å². The van der Waals surface area contributed by atoms with E-state index in [0.29, 0.717) is 19.3 Å². The maximum atomic E-state index is 11.3. The Hall–Kier alpha value is -1.30. The summed E-state index contributed by atoms with van der Waals surface area (Å²) in [4.78, 5) is 21.8. The molecule has 3 N–H and O–H groups in total. The molecule has 1 rings (SSSR count). The summed E-state index contributed by atoms with van der Waals surface area (Å²) >= 11 is 0. The van der Waals surface area contributed by atoms with Crippen molar-refractivity contribution >= 4 is 12.0 Å². The number of carboxylic acids is 1. The summed E-state index contributed by atoms with van der Waals surface area (Å²) in [6, 6.07) is -1.36. The van der Waals surface area contributed by atoms with Gasteiger partial charge in [-0.2, -0.15) is 0 Å². The molecular weight excluding hydrogens is 236 g/mol. The van der Waals surface area contributed by atoms with Crippen molar-refractivity contribution in [1.29, 1.82) is 0 Å². The van der Waals surface area contributed by atoms with Gasteiger partial charge in [-0.05, 0) is 19.8 Å². The molecule has 6 nitrogen and oxygen atoms in total. The number of carbonyl (C=O) groups excluding carboxylic acids is 1. The second-order valence-corrected chi connectivity index (χ2v) is 4.59. The van der Waals surface area contributed by atoms with Crippen LogP contribution < -0.4 is 10.6 Å². The van der Waals surface area contributed by atoms with Crippen molar-refractivity contribution < 1.29 is 19.4 Å². The van der Waals surface area contributed by atoms with Gasteiger partial charge in [-0.25, -0.2) is 4.79 Å². The number of hydrogen-bond acceptors (Lipinski definition) is 3. The highest BCUT2D eigenvalue weighted by Gasteiger charge is 2.14. The number of hydrogen-bond donors (Lipinski definition) is 3. The minimum Gasteiger partial charge on any atom is -0.480 e. The summed E-state index contributed by atoms with van der Waals surface area (Å²) in [6.07, 6.45) is 6.24. The van der Waals surface area contributed by atoms with Crippen molar-refractivity contribution in [3.63, 3.8) is 0 Å². The Morgan fingerprint density at radius 3 is 2.61 bits per heavy atom. The van der Waals surface area contributed by atoms with E-state index in [0.717, 1.165) is 12.8 Å². The van der Waals surface area contributed by atoms with Crippen molar-refractivity contribution in [1.82, 2.24) is 10.6 Å². The van der Waals surface area contributed by atoms with E-state index in [-0.39, 0.29) is 0 Å². The first-order valence-electron chi connectivity index (χ1n) is 6.48. The topological polar surface area (TPSA) is 87.7 Å². The molecule has 0 spiro atoms. The molecule has 18 heavy (non-hydrogen) atoms. The standard InChI is InChI=1S/C12H22N2O4/c1-9(11(15)16)14-12(17)13-7-8-18-10-5-3-2-4-6-10/h9-10H,2-8H2,1H3,(H,15,16)(H2,13,14,17). The van der Waals surface area contributed by atoms with Gasteiger partial charge in [-0.3, -0.25) is 4.79 Å². The molecule has 1 fully saturated rings. The third-order valence-corrected chi connectivity index (χ3v) is 3.01. The van der Waals surface area contributed by atoms with Gasteiger partial charge in [0.05, 0.1) is 12.7 Å². The number of urea groups is 1. The molecule has 1 atom stereocenters. The Morgan fingerprint density at radius 2 is 2.00 bits per heavy atom. The summed E-state index contributed by atoms with van der Waals surface area (Å²) in [5.41, 5.74) is 0. The Morgan fingerprint density at radius 1 is 1.33 bits per heavy atom. The number of carbonyl (C=O) groups is 2. The molecule has 2 amide bonds. The molecule has 0 heterocycles. The third-order valence-electron chi connectivity index (χ3n) is 3.01. The normalized spacial score (nSPS) is 18.1. The fourth-order valence-electron chi connectivity index (χ4n) is 1.93. The zero-order chi connectivity index (χ0) is 13.4. The van der Waals surface area contributed by atoms with Crippen LogP contribution in [0.1, 0.15) is 39.0 Å². The summed E-state index contributed by atoms with van der Waals surface area (Å²) in [5.74, 6) is -1.05. The Balaban J connectivity index is 2.03. The molecule has 1 aliphatic carbocycles. The minimum atomic E-state index is -1.05. The maximum Gasteiger partial charge on any atom is 0.325 e. The molecule has 0 aromatic heterocycles. The summed E-state index contributed by atoms with van der Waals surface area (Å²) in [7, 11) is 0. The molecule has 0 aromatic carbocycles. The van der Waals surface area contributed by atoms with E-state index in [2.05, 4.69) is 10.6 Å². The van der Waals surface area contributed by atoms with Crippen molar-refractivity contribution in [3.8, 4) is 0 Å².